The summed E-state index contributed by atoms with van der Waals surface area (Å²) in [4.78, 5) is 29.5. The number of nitrogens with zero attached hydrogens (tertiary/aromatic N) is 3. The number of thioether (sulfide) groups is 1. The highest BCUT2D eigenvalue weighted by Gasteiger charge is 2.35. The van der Waals surface area contributed by atoms with E-state index in [4.69, 9.17) is 0 Å². The Morgan fingerprint density at radius 2 is 1.69 bits per heavy atom. The van der Waals surface area contributed by atoms with E-state index in [2.05, 4.69) is 15.4 Å². The van der Waals surface area contributed by atoms with Gasteiger partial charge in [0.1, 0.15) is 16.3 Å². The summed E-state index contributed by atoms with van der Waals surface area (Å²) >= 11 is 1.65. The summed E-state index contributed by atoms with van der Waals surface area (Å²) in [6, 6.07) is 20.5. The van der Waals surface area contributed by atoms with Gasteiger partial charge in [-0.2, -0.15) is 0 Å². The van der Waals surface area contributed by atoms with Crippen molar-refractivity contribution in [2.45, 2.75) is 22.3 Å². The summed E-state index contributed by atoms with van der Waals surface area (Å²) in [5.41, 5.74) is 0.0463. The Labute approximate surface area is 250 Å². The van der Waals surface area contributed by atoms with Gasteiger partial charge in [-0.25, -0.2) is 13.1 Å². The van der Waals surface area contributed by atoms with Gasteiger partial charge in [0.2, 0.25) is 0 Å². The lowest BCUT2D eigenvalue weighted by atomic mass is 10.1. The number of nitro benzene ring substituents is 1. The van der Waals surface area contributed by atoms with Crippen LogP contribution < -0.4 is 20.3 Å². The third-order valence-electron chi connectivity index (χ3n) is 6.76. The van der Waals surface area contributed by atoms with Crippen LogP contribution in [0.2, 0.25) is 0 Å². The predicted octanol–water partition coefficient (Wildman–Crippen LogP) is 3.65. The first-order chi connectivity index (χ1) is 20.2. The molecule has 0 aromatic heterocycles. The van der Waals surface area contributed by atoms with Gasteiger partial charge in [0, 0.05) is 48.4 Å². The average Bonchev–Trinajstić information content (AvgIpc) is 2.99. The summed E-state index contributed by atoms with van der Waals surface area (Å²) < 4.78 is 29.3. The maximum absolute atomic E-state index is 13.6. The summed E-state index contributed by atoms with van der Waals surface area (Å²) in [7, 11) is -0.525. The number of nitro groups is 1. The van der Waals surface area contributed by atoms with Crippen LogP contribution in [-0.4, -0.2) is 82.8 Å². The molecule has 224 valence electrons. The number of hydrogen-bond donors (Lipinski definition) is 3. The van der Waals surface area contributed by atoms with Crippen LogP contribution in [0.1, 0.15) is 16.8 Å². The van der Waals surface area contributed by atoms with Crippen molar-refractivity contribution in [1.82, 2.24) is 14.9 Å². The van der Waals surface area contributed by atoms with E-state index in [1.54, 1.807) is 34.9 Å². The second-order valence-corrected chi connectivity index (χ2v) is 12.9. The number of benzene rings is 3. The lowest BCUT2D eigenvalue weighted by Crippen LogP contribution is -2.44. The molecule has 3 aromatic carbocycles. The average molecular weight is 613 g/mol. The van der Waals surface area contributed by atoms with Gasteiger partial charge in [0.25, 0.3) is 15.9 Å². The zero-order chi connectivity index (χ0) is 30.1. The quantitative estimate of drug-likeness (QED) is 0.149. The molecule has 13 heteroatoms. The van der Waals surface area contributed by atoms with Gasteiger partial charge in [-0.05, 0) is 63.5 Å². The lowest BCUT2D eigenvalue weighted by molar-refractivity contribution is -0.383. The van der Waals surface area contributed by atoms with Crippen molar-refractivity contribution in [3.8, 4) is 0 Å². The number of amides is 1. The van der Waals surface area contributed by atoms with E-state index in [1.165, 1.54) is 24.3 Å². The number of carbonyl (C=O) groups is 1. The van der Waals surface area contributed by atoms with Crippen LogP contribution in [-0.2, 0) is 10.0 Å². The molecule has 1 aliphatic heterocycles. The van der Waals surface area contributed by atoms with Gasteiger partial charge in [0.05, 0.1) is 4.92 Å². The Kier molecular flexibility index (Phi) is 10.8. The van der Waals surface area contributed by atoms with Gasteiger partial charge in [-0.1, -0.05) is 36.4 Å². The fraction of sp³-hybridized carbons (Fsp3) is 0.345. The Bertz CT molecular complexity index is 1470. The third kappa shape index (κ3) is 8.22. The summed E-state index contributed by atoms with van der Waals surface area (Å²) in [5.74, 6) is -0.168. The topological polar surface area (TPSA) is 137 Å². The summed E-state index contributed by atoms with van der Waals surface area (Å²) in [6.45, 7) is 2.55. The fourth-order valence-corrected chi connectivity index (χ4v) is 6.84. The van der Waals surface area contributed by atoms with E-state index in [1.807, 2.05) is 49.3 Å². The third-order valence-corrected chi connectivity index (χ3v) is 9.30. The van der Waals surface area contributed by atoms with Gasteiger partial charge in [-0.3, -0.25) is 14.9 Å². The molecule has 1 amide bonds. The highest BCUT2D eigenvalue weighted by atomic mass is 32.2. The molecule has 0 saturated carbocycles. The summed E-state index contributed by atoms with van der Waals surface area (Å²) in [5, 5.41) is 19.2. The molecule has 1 heterocycles. The number of carbonyl (C=O) groups excluding carboxylic acids is 1. The first-order valence-electron chi connectivity index (χ1n) is 13.6. The van der Waals surface area contributed by atoms with Crippen LogP contribution >= 0.6 is 11.8 Å². The maximum atomic E-state index is 13.6. The van der Waals surface area contributed by atoms with E-state index in [9.17, 15) is 23.3 Å². The standard InChI is InChI=1S/C29H36N6O5S2/c1-33(2)18-15-23(21-41-24-11-7-4-8-12-24)31-25-13-14-26(28(27(25)35(37)38)34-19-16-30-17-20-34)42(39,40)32-29(36)22-9-5-3-6-10-22/h3-14,23,30-31H,15-21H2,1-2H3,(H,32,36)/t23-/m1/s1. The molecule has 42 heavy (non-hydrogen) atoms. The van der Waals surface area contributed by atoms with Gasteiger partial charge < -0.3 is 20.4 Å². The second kappa shape index (κ2) is 14.5. The Hall–Kier alpha value is -3.65. The molecule has 1 atom stereocenters. The molecular weight excluding hydrogens is 576 g/mol. The molecule has 1 aliphatic rings. The highest BCUT2D eigenvalue weighted by molar-refractivity contribution is 7.99. The smallest absolute Gasteiger partial charge is 0.316 e. The van der Waals surface area contributed by atoms with E-state index in [0.29, 0.717) is 38.4 Å². The minimum absolute atomic E-state index is 0.0260. The molecule has 0 radical (unpaired) electrons. The van der Waals surface area contributed by atoms with Crippen molar-refractivity contribution in [2.75, 3.05) is 62.8 Å². The van der Waals surface area contributed by atoms with Crippen molar-refractivity contribution in [3.63, 3.8) is 0 Å². The minimum atomic E-state index is -4.46. The number of anilines is 2. The molecule has 1 fully saturated rings. The van der Waals surface area contributed by atoms with Gasteiger partial charge in [0.15, 0.2) is 0 Å². The van der Waals surface area contributed by atoms with Crippen molar-refractivity contribution in [2.24, 2.45) is 0 Å². The first kappa shape index (κ1) is 31.3. The normalized spacial score (nSPS) is 14.4. The molecular formula is C29H36N6O5S2. The molecule has 0 aliphatic carbocycles. The molecule has 3 aromatic rings. The predicted molar refractivity (Wildman–Crippen MR) is 167 cm³/mol. The van der Waals surface area contributed by atoms with Crippen LogP contribution in [0, 0.1) is 10.1 Å². The zero-order valence-corrected chi connectivity index (χ0v) is 25.3. The van der Waals surface area contributed by atoms with Crippen molar-refractivity contribution in [1.29, 1.82) is 0 Å². The SMILES string of the molecule is CN(C)CC[C@H](CSc1ccccc1)Nc1ccc(S(=O)(=O)NC(=O)c2ccccc2)c(N2CCNCC2)c1[N+](=O)[O-]. The van der Waals surface area contributed by atoms with Crippen LogP contribution in [0.15, 0.2) is 82.6 Å². The number of nitrogens with one attached hydrogen (secondary N) is 3. The number of piperazine rings is 1. The Morgan fingerprint density at radius 3 is 2.31 bits per heavy atom. The Morgan fingerprint density at radius 1 is 1.05 bits per heavy atom. The highest BCUT2D eigenvalue weighted by Crippen LogP contribution is 2.41. The number of hydrogen-bond acceptors (Lipinski definition) is 10. The number of rotatable bonds is 13. The van der Waals surface area contributed by atoms with Crippen molar-refractivity contribution < 1.29 is 18.1 Å². The second-order valence-electron chi connectivity index (χ2n) is 10.2. The molecule has 0 unspecified atom stereocenters. The fourth-order valence-electron chi connectivity index (χ4n) is 4.64. The molecule has 11 nitrogen and oxygen atoms in total. The minimum Gasteiger partial charge on any atom is -0.376 e. The summed E-state index contributed by atoms with van der Waals surface area (Å²) in [6.07, 6.45) is 0.708. The molecule has 3 N–H and O–H groups in total. The molecule has 4 rings (SSSR count). The van der Waals surface area contributed by atoms with E-state index >= 15 is 0 Å². The largest absolute Gasteiger partial charge is 0.376 e. The van der Waals surface area contributed by atoms with Crippen LogP contribution in [0.25, 0.3) is 0 Å². The molecule has 1 saturated heterocycles. The van der Waals surface area contributed by atoms with Gasteiger partial charge in [-0.15, -0.1) is 11.8 Å². The van der Waals surface area contributed by atoms with Crippen LogP contribution in [0.3, 0.4) is 0 Å². The molecule has 0 spiro atoms. The monoisotopic (exact) mass is 612 g/mol. The van der Waals surface area contributed by atoms with E-state index in [0.717, 1.165) is 11.4 Å². The van der Waals surface area contributed by atoms with E-state index < -0.39 is 20.9 Å². The van der Waals surface area contributed by atoms with Crippen LogP contribution in [0.5, 0.6) is 0 Å². The van der Waals surface area contributed by atoms with Gasteiger partial charge >= 0.3 is 5.69 Å². The van der Waals surface area contributed by atoms with E-state index in [-0.39, 0.29) is 33.6 Å². The lowest BCUT2D eigenvalue weighted by Gasteiger charge is -2.31. The molecule has 0 bridgehead atoms. The van der Waals surface area contributed by atoms with Crippen LogP contribution in [0.4, 0.5) is 17.1 Å². The Balaban J connectivity index is 1.72. The first-order valence-corrected chi connectivity index (χ1v) is 16.1. The van der Waals surface area contributed by atoms with Crippen molar-refractivity contribution >= 4 is 44.8 Å². The number of sulfonamides is 1. The van der Waals surface area contributed by atoms with Crippen molar-refractivity contribution in [3.05, 3.63) is 88.5 Å². The zero-order valence-electron chi connectivity index (χ0n) is 23.7. The maximum Gasteiger partial charge on any atom is 0.316 e.